The third-order valence-corrected chi connectivity index (χ3v) is 11.8. The Labute approximate surface area is 258 Å². The van der Waals surface area contributed by atoms with Crippen molar-refractivity contribution in [1.29, 1.82) is 0 Å². The lowest BCUT2D eigenvalue weighted by atomic mass is 9.82. The molecular weight excluding hydrogens is 583 g/mol. The molecular formula is C33H47N3O5S2. The molecule has 1 unspecified atom stereocenters. The quantitative estimate of drug-likeness (QED) is 0.378. The highest BCUT2D eigenvalue weighted by molar-refractivity contribution is 8.03. The van der Waals surface area contributed by atoms with Gasteiger partial charge in [0.05, 0.1) is 18.6 Å². The third-order valence-electron chi connectivity index (χ3n) is 8.36. The fourth-order valence-corrected chi connectivity index (χ4v) is 9.51. The van der Waals surface area contributed by atoms with Gasteiger partial charge >= 0.3 is 0 Å². The van der Waals surface area contributed by atoms with Crippen LogP contribution in [0.15, 0.2) is 77.4 Å². The molecule has 0 aromatic heterocycles. The van der Waals surface area contributed by atoms with Crippen molar-refractivity contribution in [3.63, 3.8) is 0 Å². The Kier molecular flexibility index (Phi) is 10.9. The van der Waals surface area contributed by atoms with Gasteiger partial charge in [-0.2, -0.15) is 0 Å². The van der Waals surface area contributed by atoms with E-state index in [1.54, 1.807) is 6.08 Å². The molecule has 2 atom stereocenters. The van der Waals surface area contributed by atoms with Crippen LogP contribution in [-0.2, 0) is 20.0 Å². The minimum Gasteiger partial charge on any atom is -0.396 e. The highest BCUT2D eigenvalue weighted by atomic mass is 32.3. The van der Waals surface area contributed by atoms with Crippen molar-refractivity contribution >= 4 is 31.3 Å². The molecule has 0 radical (unpaired) electrons. The van der Waals surface area contributed by atoms with Gasteiger partial charge in [0, 0.05) is 44.5 Å². The van der Waals surface area contributed by atoms with Gasteiger partial charge in [0.2, 0.25) is 20.0 Å². The number of sulfonamides is 2. The Hall–Kier alpha value is -2.50. The first-order valence-electron chi connectivity index (χ1n) is 15.2. The van der Waals surface area contributed by atoms with E-state index in [-0.39, 0.29) is 13.0 Å². The Morgan fingerprint density at radius 1 is 0.953 bits per heavy atom. The molecule has 0 amide bonds. The minimum absolute atomic E-state index is 0.0687. The fraction of sp³-hybridized carbons (Fsp3) is 0.515. The van der Waals surface area contributed by atoms with Crippen molar-refractivity contribution in [3.8, 4) is 0 Å². The molecule has 3 aliphatic rings. The van der Waals surface area contributed by atoms with Crippen LogP contribution in [0.5, 0.6) is 0 Å². The van der Waals surface area contributed by atoms with Crippen LogP contribution in [-0.4, -0.2) is 87.9 Å². The molecule has 1 N–H and O–H groups in total. The molecule has 0 saturated carbocycles. The number of hydrogen-bond acceptors (Lipinski definition) is 7. The SMILES string of the molecule is CC(C)N1CCN(c2ccc(/C(C3=CCC(N(S(C)(=O)=O)S(C)(=O)=O)C=C3)=C(/CCCO)C3=C[C@@H](C)CC=C3)cc2)CC1. The molecule has 236 valence electrons. The number of hydrogen-bond donors (Lipinski definition) is 1. The van der Waals surface area contributed by atoms with E-state index in [1.807, 2.05) is 12.2 Å². The lowest BCUT2D eigenvalue weighted by Crippen LogP contribution is -2.48. The zero-order valence-electron chi connectivity index (χ0n) is 26.1. The van der Waals surface area contributed by atoms with Crippen molar-refractivity contribution in [3.05, 3.63) is 83.0 Å². The first-order chi connectivity index (χ1) is 20.3. The summed E-state index contributed by atoms with van der Waals surface area (Å²) in [6.45, 7) is 10.8. The zero-order chi connectivity index (χ0) is 31.4. The number of anilines is 1. The average molecular weight is 630 g/mol. The fourth-order valence-electron chi connectivity index (χ4n) is 6.25. The number of benzene rings is 1. The highest BCUT2D eigenvalue weighted by Gasteiger charge is 2.34. The molecule has 1 aromatic rings. The van der Waals surface area contributed by atoms with Crippen LogP contribution < -0.4 is 4.90 Å². The molecule has 1 saturated heterocycles. The second-order valence-corrected chi connectivity index (χ2v) is 16.1. The van der Waals surface area contributed by atoms with Crippen LogP contribution in [0.1, 0.15) is 52.0 Å². The van der Waals surface area contributed by atoms with Gasteiger partial charge in [-0.15, -0.1) is 0 Å². The van der Waals surface area contributed by atoms with E-state index >= 15 is 0 Å². The molecule has 8 nitrogen and oxygen atoms in total. The summed E-state index contributed by atoms with van der Waals surface area (Å²) in [6.07, 6.45) is 16.4. The van der Waals surface area contributed by atoms with E-state index in [4.69, 9.17) is 0 Å². The standard InChI is InChI=1S/C33H47N3O5S2/c1-25(2)34-19-21-35(22-20-34)30-15-11-27(12-16-30)33(32(10-7-23-37)29-9-6-8-26(3)24-29)28-13-17-31(18-14-28)36(42(4,38)39)43(5,40)41/h6,9,11-17,24-26,31,37H,7-8,10,18-23H2,1-5H3/b33-32+/t26-,31?/m0/s1. The lowest BCUT2D eigenvalue weighted by Gasteiger charge is -2.38. The Morgan fingerprint density at radius 2 is 1.60 bits per heavy atom. The summed E-state index contributed by atoms with van der Waals surface area (Å²) >= 11 is 0. The maximum Gasteiger partial charge on any atom is 0.224 e. The van der Waals surface area contributed by atoms with Crippen LogP contribution in [0.3, 0.4) is 0 Å². The number of aliphatic hydroxyl groups is 1. The van der Waals surface area contributed by atoms with Gasteiger partial charge in [0.1, 0.15) is 0 Å². The van der Waals surface area contributed by atoms with Crippen molar-refractivity contribution in [1.82, 2.24) is 8.61 Å². The smallest absolute Gasteiger partial charge is 0.224 e. The molecule has 1 aliphatic heterocycles. The van der Waals surface area contributed by atoms with Crippen LogP contribution in [0, 0.1) is 5.92 Å². The third kappa shape index (κ3) is 8.36. The summed E-state index contributed by atoms with van der Waals surface area (Å²) in [4.78, 5) is 4.91. The van der Waals surface area contributed by atoms with E-state index in [1.165, 1.54) is 5.69 Å². The summed E-state index contributed by atoms with van der Waals surface area (Å²) in [5.41, 5.74) is 6.39. The first-order valence-corrected chi connectivity index (χ1v) is 18.9. The van der Waals surface area contributed by atoms with Gasteiger partial charge in [0.25, 0.3) is 0 Å². The number of nitrogens with zero attached hydrogens (tertiary/aromatic N) is 3. The van der Waals surface area contributed by atoms with E-state index in [0.717, 1.165) is 73.0 Å². The molecule has 1 fully saturated rings. The number of rotatable bonds is 11. The summed E-state index contributed by atoms with van der Waals surface area (Å²) in [5, 5.41) is 9.79. The predicted octanol–water partition coefficient (Wildman–Crippen LogP) is 4.74. The molecule has 10 heteroatoms. The molecule has 1 heterocycles. The van der Waals surface area contributed by atoms with Gasteiger partial charge in [-0.1, -0.05) is 59.2 Å². The Morgan fingerprint density at radius 3 is 2.12 bits per heavy atom. The van der Waals surface area contributed by atoms with E-state index < -0.39 is 26.1 Å². The largest absolute Gasteiger partial charge is 0.396 e. The second-order valence-electron chi connectivity index (χ2n) is 12.2. The Balaban J connectivity index is 1.75. The zero-order valence-corrected chi connectivity index (χ0v) is 27.7. The summed E-state index contributed by atoms with van der Waals surface area (Å²) in [5.74, 6) is 0.385. The topological polar surface area (TPSA) is 98.2 Å². The van der Waals surface area contributed by atoms with Crippen molar-refractivity contribution in [2.75, 3.05) is 50.2 Å². The minimum atomic E-state index is -3.99. The second kappa shape index (κ2) is 14.1. The average Bonchev–Trinajstić information content (AvgIpc) is 2.94. The summed E-state index contributed by atoms with van der Waals surface area (Å²) in [6, 6.07) is 8.35. The molecule has 43 heavy (non-hydrogen) atoms. The van der Waals surface area contributed by atoms with E-state index in [0.29, 0.717) is 28.5 Å². The van der Waals surface area contributed by atoms with Crippen LogP contribution in [0.25, 0.3) is 5.57 Å². The van der Waals surface area contributed by atoms with E-state index in [2.05, 4.69) is 73.1 Å². The molecule has 4 rings (SSSR count). The van der Waals surface area contributed by atoms with E-state index in [9.17, 15) is 21.9 Å². The van der Waals surface area contributed by atoms with Crippen LogP contribution in [0.2, 0.25) is 0 Å². The first kappa shape index (κ1) is 33.4. The van der Waals surface area contributed by atoms with Gasteiger partial charge in [-0.3, -0.25) is 4.90 Å². The molecule has 1 aromatic carbocycles. The normalized spacial score (nSPS) is 22.6. The Bertz CT molecular complexity index is 1480. The monoisotopic (exact) mass is 629 g/mol. The van der Waals surface area contributed by atoms with Gasteiger partial charge in [-0.25, -0.2) is 16.8 Å². The highest BCUT2D eigenvalue weighted by Crippen LogP contribution is 2.39. The van der Waals surface area contributed by atoms with Crippen molar-refractivity contribution < 1.29 is 21.9 Å². The molecule has 0 spiro atoms. The molecule has 0 bridgehead atoms. The maximum atomic E-state index is 12.4. The summed E-state index contributed by atoms with van der Waals surface area (Å²) < 4.78 is 50.3. The van der Waals surface area contributed by atoms with Crippen LogP contribution >= 0.6 is 0 Å². The van der Waals surface area contributed by atoms with Gasteiger partial charge in [-0.05, 0) is 85.4 Å². The maximum absolute atomic E-state index is 12.4. The summed E-state index contributed by atoms with van der Waals surface area (Å²) in [7, 11) is -7.98. The molecule has 2 aliphatic carbocycles. The number of aliphatic hydroxyl groups excluding tert-OH is 1. The number of allylic oxidation sites excluding steroid dienone is 8. The van der Waals surface area contributed by atoms with Crippen LogP contribution in [0.4, 0.5) is 5.69 Å². The van der Waals surface area contributed by atoms with Crippen molar-refractivity contribution in [2.45, 2.75) is 58.5 Å². The van der Waals surface area contributed by atoms with Gasteiger partial charge in [0.15, 0.2) is 0 Å². The van der Waals surface area contributed by atoms with Gasteiger partial charge < -0.3 is 10.0 Å². The predicted molar refractivity (Wildman–Crippen MR) is 177 cm³/mol. The lowest BCUT2D eigenvalue weighted by molar-refractivity contribution is 0.209. The van der Waals surface area contributed by atoms with Crippen molar-refractivity contribution in [2.24, 2.45) is 5.92 Å². The number of piperazine rings is 1.